The van der Waals surface area contributed by atoms with Crippen LogP contribution < -0.4 is 14.4 Å². The topological polar surface area (TPSA) is 34.8 Å². The average Bonchev–Trinajstić information content (AvgIpc) is 4.07. The number of benzene rings is 11. The summed E-state index contributed by atoms with van der Waals surface area (Å²) in [6.45, 7) is 0. The molecule has 2 aliphatic heterocycles. The molecule has 11 aromatic carbocycles. The molecule has 336 valence electrons. The van der Waals surface area contributed by atoms with E-state index in [1.807, 2.05) is 6.07 Å². The van der Waals surface area contributed by atoms with Crippen molar-refractivity contribution in [1.82, 2.24) is 0 Å². The minimum absolute atomic E-state index is 0.649. The van der Waals surface area contributed by atoms with Crippen LogP contribution in [0.3, 0.4) is 0 Å². The molecule has 0 radical (unpaired) electrons. The van der Waals surface area contributed by atoms with Gasteiger partial charge in [-0.1, -0.05) is 182 Å². The van der Waals surface area contributed by atoms with Crippen molar-refractivity contribution in [2.45, 2.75) is 10.8 Å². The van der Waals surface area contributed by atoms with Crippen molar-refractivity contribution in [3.05, 3.63) is 293 Å². The van der Waals surface area contributed by atoms with Crippen LogP contribution in [0, 0.1) is 0 Å². The van der Waals surface area contributed by atoms with Gasteiger partial charge in [0.15, 0.2) is 0 Å². The number of nitrogens with zero attached hydrogens (tertiary/aromatic N) is 1. The monoisotopic (exact) mass is 919 g/mol. The molecule has 4 nitrogen and oxygen atoms in total. The van der Waals surface area contributed by atoms with Crippen molar-refractivity contribution in [1.29, 1.82) is 0 Å². The second kappa shape index (κ2) is 14.6. The molecule has 0 N–H and O–H groups in total. The third-order valence-corrected chi connectivity index (χ3v) is 16.0. The van der Waals surface area contributed by atoms with E-state index in [4.69, 9.17) is 13.9 Å². The molecule has 1 aromatic heterocycles. The van der Waals surface area contributed by atoms with Gasteiger partial charge in [0.05, 0.1) is 16.5 Å². The first-order valence-corrected chi connectivity index (χ1v) is 24.7. The lowest BCUT2D eigenvalue weighted by Gasteiger charge is -2.42. The molecule has 0 bridgehead atoms. The Morgan fingerprint density at radius 3 is 1.42 bits per heavy atom. The second-order valence-corrected chi connectivity index (χ2v) is 19.4. The molecule has 16 rings (SSSR count). The highest BCUT2D eigenvalue weighted by Crippen LogP contribution is 2.66. The Kier molecular flexibility index (Phi) is 7.99. The van der Waals surface area contributed by atoms with E-state index >= 15 is 0 Å². The Morgan fingerprint density at radius 1 is 0.306 bits per heavy atom. The Hall–Kier alpha value is -9.38. The molecule has 4 heteroatoms. The number of fused-ring (bicyclic) bond motifs is 21. The maximum atomic E-state index is 6.84. The van der Waals surface area contributed by atoms with Gasteiger partial charge in [-0.2, -0.15) is 0 Å². The average molecular weight is 920 g/mol. The summed E-state index contributed by atoms with van der Waals surface area (Å²) in [5, 5.41) is 2.23. The summed E-state index contributed by atoms with van der Waals surface area (Å²) in [5.74, 6) is 3.46. The van der Waals surface area contributed by atoms with E-state index in [1.54, 1.807) is 0 Å². The molecule has 3 heterocycles. The van der Waals surface area contributed by atoms with E-state index in [1.165, 1.54) is 44.5 Å². The maximum absolute atomic E-state index is 6.84. The molecular weight excluding hydrogens is 879 g/mol. The summed E-state index contributed by atoms with van der Waals surface area (Å²) in [4.78, 5) is 2.51. The molecule has 0 unspecified atom stereocenters. The summed E-state index contributed by atoms with van der Waals surface area (Å²) in [5.41, 5.74) is 20.1. The molecule has 12 aromatic rings. The van der Waals surface area contributed by atoms with Crippen LogP contribution in [0.1, 0.15) is 44.5 Å². The molecule has 72 heavy (non-hydrogen) atoms. The summed E-state index contributed by atoms with van der Waals surface area (Å²) >= 11 is 0. The van der Waals surface area contributed by atoms with Crippen LogP contribution in [0.5, 0.6) is 23.0 Å². The zero-order valence-corrected chi connectivity index (χ0v) is 38.8. The number of furan rings is 1. The molecule has 2 spiro atoms. The van der Waals surface area contributed by atoms with Gasteiger partial charge in [-0.05, 0) is 117 Å². The number of hydrogen-bond donors (Lipinski definition) is 0. The van der Waals surface area contributed by atoms with Crippen molar-refractivity contribution in [3.63, 3.8) is 0 Å². The highest BCUT2D eigenvalue weighted by atomic mass is 16.5. The summed E-state index contributed by atoms with van der Waals surface area (Å²) in [7, 11) is 0. The standard InChI is InChI=1S/C68H41NO3/c1-4-22-51-46(17-1)48-40-39-44(41-57(48)67(51)53-24-6-11-30-60(53)71-61-31-12-7-25-54(61)67)69(43-37-35-42(36-38-43)45-20-16-34-64-65(45)50-19-3-10-29-59(50)70-64)58-28-15-21-49-47-18-2-5-23-52(47)68(66(49)58)55-26-8-13-32-62(55)72-63-33-14-9-27-56(63)68/h1-41H. The third kappa shape index (κ3) is 5.05. The minimum atomic E-state index is -0.711. The normalized spacial score (nSPS) is 14.3. The molecule has 2 aliphatic carbocycles. The summed E-state index contributed by atoms with van der Waals surface area (Å²) in [6.07, 6.45) is 0. The molecule has 0 atom stereocenters. The van der Waals surface area contributed by atoms with Crippen LogP contribution >= 0.6 is 0 Å². The predicted molar refractivity (Wildman–Crippen MR) is 289 cm³/mol. The predicted octanol–water partition coefficient (Wildman–Crippen LogP) is 17.7. The first-order chi connectivity index (χ1) is 35.7. The van der Waals surface area contributed by atoms with Crippen LogP contribution in [-0.2, 0) is 10.8 Å². The van der Waals surface area contributed by atoms with Gasteiger partial charge in [0.2, 0.25) is 0 Å². The van der Waals surface area contributed by atoms with Gasteiger partial charge in [0, 0.05) is 50.0 Å². The summed E-state index contributed by atoms with van der Waals surface area (Å²) in [6, 6.07) is 90.3. The number of ether oxygens (including phenoxy) is 2. The first kappa shape index (κ1) is 39.5. The fraction of sp³-hybridized carbons (Fsp3) is 0.0294. The second-order valence-electron chi connectivity index (χ2n) is 19.4. The van der Waals surface area contributed by atoms with Crippen molar-refractivity contribution < 1.29 is 13.9 Å². The fourth-order valence-electron chi connectivity index (χ4n) is 13.3. The van der Waals surface area contributed by atoms with E-state index in [2.05, 4.69) is 248 Å². The zero-order chi connectivity index (χ0) is 47.1. The van der Waals surface area contributed by atoms with Crippen LogP contribution in [-0.4, -0.2) is 0 Å². The van der Waals surface area contributed by atoms with Crippen LogP contribution in [0.4, 0.5) is 17.1 Å². The van der Waals surface area contributed by atoms with Gasteiger partial charge >= 0.3 is 0 Å². The lowest BCUT2D eigenvalue weighted by atomic mass is 9.65. The molecule has 4 aliphatic rings. The highest BCUT2D eigenvalue weighted by molar-refractivity contribution is 6.12. The van der Waals surface area contributed by atoms with E-state index in [0.29, 0.717) is 0 Å². The van der Waals surface area contributed by atoms with Gasteiger partial charge < -0.3 is 18.8 Å². The van der Waals surface area contributed by atoms with Crippen LogP contribution in [0.25, 0.3) is 55.3 Å². The smallest absolute Gasteiger partial charge is 0.136 e. The number of para-hydroxylation sites is 5. The number of anilines is 3. The molecule has 0 amide bonds. The largest absolute Gasteiger partial charge is 0.457 e. The number of rotatable bonds is 4. The Balaban J connectivity index is 0.994. The van der Waals surface area contributed by atoms with Crippen LogP contribution in [0.15, 0.2) is 253 Å². The SMILES string of the molecule is c1ccc2c(c1)Oc1ccccc1C21c2ccccc2-c2ccc(N(c3ccc(-c4cccc5oc6ccccc6c45)cc3)c3cccc4c3C3(c5ccccc5Oc5ccccc53)c3ccccc3-4)cc21. The zero-order valence-electron chi connectivity index (χ0n) is 38.8. The van der Waals surface area contributed by atoms with E-state index in [9.17, 15) is 0 Å². The minimum Gasteiger partial charge on any atom is -0.457 e. The number of hydrogen-bond acceptors (Lipinski definition) is 4. The van der Waals surface area contributed by atoms with E-state index < -0.39 is 10.8 Å². The molecular formula is C68H41NO3. The quantitative estimate of drug-likeness (QED) is 0.176. The lowest BCUT2D eigenvalue weighted by molar-refractivity contribution is 0.436. The van der Waals surface area contributed by atoms with Gasteiger partial charge in [-0.3, -0.25) is 0 Å². The first-order valence-electron chi connectivity index (χ1n) is 24.7. The lowest BCUT2D eigenvalue weighted by Crippen LogP contribution is -2.33. The van der Waals surface area contributed by atoms with Crippen LogP contribution in [0.2, 0.25) is 0 Å². The van der Waals surface area contributed by atoms with Gasteiger partial charge in [-0.15, -0.1) is 0 Å². The highest BCUT2D eigenvalue weighted by Gasteiger charge is 2.54. The molecule has 0 saturated carbocycles. The Bertz CT molecular complexity index is 4170. The van der Waals surface area contributed by atoms with E-state index in [-0.39, 0.29) is 0 Å². The van der Waals surface area contributed by atoms with Crippen molar-refractivity contribution in [3.8, 4) is 56.4 Å². The van der Waals surface area contributed by atoms with Crippen molar-refractivity contribution in [2.24, 2.45) is 0 Å². The fourth-order valence-corrected chi connectivity index (χ4v) is 13.3. The van der Waals surface area contributed by atoms with Gasteiger partial charge in [0.1, 0.15) is 34.2 Å². The maximum Gasteiger partial charge on any atom is 0.136 e. The molecule has 0 saturated heterocycles. The molecule has 0 fully saturated rings. The van der Waals surface area contributed by atoms with E-state index in [0.717, 1.165) is 95.4 Å². The van der Waals surface area contributed by atoms with Gasteiger partial charge in [0.25, 0.3) is 0 Å². The van der Waals surface area contributed by atoms with Crippen molar-refractivity contribution >= 4 is 39.0 Å². The summed E-state index contributed by atoms with van der Waals surface area (Å²) < 4.78 is 20.0. The Labute approximate surface area is 416 Å². The Morgan fingerprint density at radius 2 is 0.764 bits per heavy atom. The van der Waals surface area contributed by atoms with Crippen molar-refractivity contribution in [2.75, 3.05) is 4.90 Å². The van der Waals surface area contributed by atoms with Gasteiger partial charge in [-0.25, -0.2) is 0 Å². The third-order valence-electron chi connectivity index (χ3n) is 16.0.